The van der Waals surface area contributed by atoms with E-state index >= 15 is 0 Å². The summed E-state index contributed by atoms with van der Waals surface area (Å²) in [4.78, 5) is 2.72. The Balaban J connectivity index is 2.28. The summed E-state index contributed by atoms with van der Waals surface area (Å²) < 4.78 is 0. The standard InChI is InChI=1S/C16H34N2/c1-6-16(17-7-2)9-8-10-18-12-13(3)11-14(4)15(18)5/h13-17H,6-12H2,1-5H3. The van der Waals surface area contributed by atoms with Crippen LogP contribution in [0.5, 0.6) is 0 Å². The van der Waals surface area contributed by atoms with Gasteiger partial charge >= 0.3 is 0 Å². The van der Waals surface area contributed by atoms with Gasteiger partial charge in [-0.1, -0.05) is 27.7 Å². The van der Waals surface area contributed by atoms with E-state index in [1.807, 2.05) is 0 Å². The van der Waals surface area contributed by atoms with Crippen LogP contribution in [0, 0.1) is 11.8 Å². The summed E-state index contributed by atoms with van der Waals surface area (Å²) in [5.41, 5.74) is 0. The second-order valence-electron chi connectivity index (χ2n) is 6.36. The Morgan fingerprint density at radius 1 is 1.22 bits per heavy atom. The molecular weight excluding hydrogens is 220 g/mol. The normalized spacial score (nSPS) is 31.5. The molecule has 0 aromatic rings. The van der Waals surface area contributed by atoms with Crippen LogP contribution in [0.25, 0.3) is 0 Å². The SMILES string of the molecule is CCNC(CC)CCCN1CC(C)CC(C)C1C. The van der Waals surface area contributed by atoms with Gasteiger partial charge in [0.2, 0.25) is 0 Å². The van der Waals surface area contributed by atoms with E-state index in [0.717, 1.165) is 30.5 Å². The molecule has 0 spiro atoms. The number of nitrogens with one attached hydrogen (secondary N) is 1. The smallest absolute Gasteiger partial charge is 0.00927 e. The number of likely N-dealkylation sites (tertiary alicyclic amines) is 1. The van der Waals surface area contributed by atoms with E-state index in [-0.39, 0.29) is 0 Å². The van der Waals surface area contributed by atoms with Crippen LogP contribution in [-0.4, -0.2) is 36.6 Å². The van der Waals surface area contributed by atoms with Crippen LogP contribution in [0.3, 0.4) is 0 Å². The number of piperidine rings is 1. The van der Waals surface area contributed by atoms with Gasteiger partial charge in [-0.15, -0.1) is 0 Å². The number of nitrogens with zero attached hydrogens (tertiary/aromatic N) is 1. The average molecular weight is 254 g/mol. The van der Waals surface area contributed by atoms with Gasteiger partial charge in [-0.05, 0) is 57.5 Å². The first kappa shape index (κ1) is 16.0. The summed E-state index contributed by atoms with van der Waals surface area (Å²) in [6.45, 7) is 15.4. The third-order valence-corrected chi connectivity index (χ3v) is 4.70. The second kappa shape index (κ2) is 8.16. The molecule has 0 aliphatic carbocycles. The molecule has 2 nitrogen and oxygen atoms in total. The van der Waals surface area contributed by atoms with Crippen molar-refractivity contribution in [3.8, 4) is 0 Å². The van der Waals surface area contributed by atoms with Gasteiger partial charge in [0, 0.05) is 18.6 Å². The molecule has 0 bridgehead atoms. The summed E-state index contributed by atoms with van der Waals surface area (Å²) in [5.74, 6) is 1.75. The lowest BCUT2D eigenvalue weighted by molar-refractivity contribution is 0.0774. The van der Waals surface area contributed by atoms with Crippen molar-refractivity contribution in [2.45, 2.75) is 72.4 Å². The molecule has 0 aromatic carbocycles. The van der Waals surface area contributed by atoms with Crippen molar-refractivity contribution >= 4 is 0 Å². The third kappa shape index (κ3) is 4.89. The largest absolute Gasteiger partial charge is 0.314 e. The van der Waals surface area contributed by atoms with Crippen molar-refractivity contribution in [2.75, 3.05) is 19.6 Å². The van der Waals surface area contributed by atoms with Gasteiger partial charge in [0.1, 0.15) is 0 Å². The van der Waals surface area contributed by atoms with E-state index in [9.17, 15) is 0 Å². The molecule has 4 atom stereocenters. The summed E-state index contributed by atoms with van der Waals surface area (Å²) in [5, 5.41) is 3.58. The zero-order chi connectivity index (χ0) is 13.5. The highest BCUT2D eigenvalue weighted by Crippen LogP contribution is 2.27. The van der Waals surface area contributed by atoms with E-state index < -0.39 is 0 Å². The van der Waals surface area contributed by atoms with Gasteiger partial charge in [0.25, 0.3) is 0 Å². The molecule has 0 aromatic heterocycles. The van der Waals surface area contributed by atoms with Gasteiger partial charge in [-0.25, -0.2) is 0 Å². The van der Waals surface area contributed by atoms with Crippen molar-refractivity contribution in [1.29, 1.82) is 0 Å². The van der Waals surface area contributed by atoms with E-state index in [1.165, 1.54) is 38.8 Å². The lowest BCUT2D eigenvalue weighted by Crippen LogP contribution is -2.46. The zero-order valence-electron chi connectivity index (χ0n) is 13.2. The first-order chi connectivity index (χ1) is 8.58. The molecule has 1 fully saturated rings. The summed E-state index contributed by atoms with van der Waals surface area (Å²) >= 11 is 0. The molecule has 1 saturated heterocycles. The van der Waals surface area contributed by atoms with E-state index in [1.54, 1.807) is 0 Å². The van der Waals surface area contributed by atoms with Crippen molar-refractivity contribution in [3.63, 3.8) is 0 Å². The minimum atomic E-state index is 0.727. The van der Waals surface area contributed by atoms with Gasteiger partial charge in [0.15, 0.2) is 0 Å². The highest BCUT2D eigenvalue weighted by Gasteiger charge is 2.28. The van der Waals surface area contributed by atoms with Crippen LogP contribution in [0.4, 0.5) is 0 Å². The predicted molar refractivity (Wildman–Crippen MR) is 81.0 cm³/mol. The van der Waals surface area contributed by atoms with Crippen LogP contribution in [-0.2, 0) is 0 Å². The molecule has 4 unspecified atom stereocenters. The Morgan fingerprint density at radius 2 is 1.94 bits per heavy atom. The zero-order valence-corrected chi connectivity index (χ0v) is 13.2. The van der Waals surface area contributed by atoms with Crippen molar-refractivity contribution in [1.82, 2.24) is 10.2 Å². The molecule has 1 aliphatic heterocycles. The van der Waals surface area contributed by atoms with Crippen LogP contribution in [0.1, 0.15) is 60.3 Å². The molecule has 1 rings (SSSR count). The molecule has 108 valence electrons. The Labute approximate surface area is 115 Å². The minimum absolute atomic E-state index is 0.727. The molecule has 1 heterocycles. The molecule has 0 amide bonds. The highest BCUT2D eigenvalue weighted by molar-refractivity contribution is 4.82. The predicted octanol–water partition coefficient (Wildman–Crippen LogP) is 3.52. The van der Waals surface area contributed by atoms with Crippen molar-refractivity contribution < 1.29 is 0 Å². The minimum Gasteiger partial charge on any atom is -0.314 e. The fourth-order valence-electron chi connectivity index (χ4n) is 3.41. The van der Waals surface area contributed by atoms with Gasteiger partial charge in [0.05, 0.1) is 0 Å². The molecule has 18 heavy (non-hydrogen) atoms. The summed E-state index contributed by atoms with van der Waals surface area (Å²) in [6.07, 6.45) is 5.34. The fraction of sp³-hybridized carbons (Fsp3) is 1.00. The van der Waals surface area contributed by atoms with Crippen LogP contribution < -0.4 is 5.32 Å². The van der Waals surface area contributed by atoms with Gasteiger partial charge in [-0.3, -0.25) is 0 Å². The highest BCUT2D eigenvalue weighted by atomic mass is 15.2. The first-order valence-electron chi connectivity index (χ1n) is 8.05. The maximum Gasteiger partial charge on any atom is 0.00927 e. The Morgan fingerprint density at radius 3 is 2.56 bits per heavy atom. The maximum absolute atomic E-state index is 3.58. The monoisotopic (exact) mass is 254 g/mol. The van der Waals surface area contributed by atoms with Crippen LogP contribution >= 0.6 is 0 Å². The average Bonchev–Trinajstić information content (AvgIpc) is 2.33. The lowest BCUT2D eigenvalue weighted by Gasteiger charge is -2.41. The summed E-state index contributed by atoms with van der Waals surface area (Å²) in [6, 6.07) is 1.50. The third-order valence-electron chi connectivity index (χ3n) is 4.70. The van der Waals surface area contributed by atoms with Gasteiger partial charge in [-0.2, -0.15) is 0 Å². The van der Waals surface area contributed by atoms with E-state index in [4.69, 9.17) is 0 Å². The molecule has 1 aliphatic rings. The number of rotatable bonds is 7. The second-order valence-corrected chi connectivity index (χ2v) is 6.36. The Kier molecular flexibility index (Phi) is 7.25. The van der Waals surface area contributed by atoms with Crippen molar-refractivity contribution in [3.05, 3.63) is 0 Å². The van der Waals surface area contributed by atoms with Crippen molar-refractivity contribution in [2.24, 2.45) is 11.8 Å². The van der Waals surface area contributed by atoms with Crippen LogP contribution in [0.15, 0.2) is 0 Å². The topological polar surface area (TPSA) is 15.3 Å². The van der Waals surface area contributed by atoms with E-state index in [2.05, 4.69) is 44.8 Å². The number of hydrogen-bond acceptors (Lipinski definition) is 2. The number of hydrogen-bond donors (Lipinski definition) is 1. The lowest BCUT2D eigenvalue weighted by atomic mass is 9.86. The van der Waals surface area contributed by atoms with Crippen LogP contribution in [0.2, 0.25) is 0 Å². The molecule has 1 N–H and O–H groups in total. The van der Waals surface area contributed by atoms with E-state index in [0.29, 0.717) is 0 Å². The molecule has 2 heteroatoms. The Hall–Kier alpha value is -0.0800. The quantitative estimate of drug-likeness (QED) is 0.748. The maximum atomic E-state index is 3.58. The first-order valence-corrected chi connectivity index (χ1v) is 8.05. The Bertz CT molecular complexity index is 217. The fourth-order valence-corrected chi connectivity index (χ4v) is 3.41. The molecule has 0 saturated carbocycles. The summed E-state index contributed by atoms with van der Waals surface area (Å²) in [7, 11) is 0. The molecule has 0 radical (unpaired) electrons. The molecular formula is C16H34N2. The van der Waals surface area contributed by atoms with Gasteiger partial charge < -0.3 is 10.2 Å².